The fourth-order valence-electron chi connectivity index (χ4n) is 2.56. The van der Waals surface area contributed by atoms with Gasteiger partial charge in [-0.2, -0.15) is 0 Å². The molecule has 2 heterocycles. The van der Waals surface area contributed by atoms with E-state index >= 15 is 0 Å². The highest BCUT2D eigenvalue weighted by molar-refractivity contribution is 6.35. The van der Waals surface area contributed by atoms with E-state index < -0.39 is 0 Å². The van der Waals surface area contributed by atoms with Crippen molar-refractivity contribution in [3.63, 3.8) is 0 Å². The molecule has 2 aliphatic heterocycles. The minimum atomic E-state index is -0.355. The maximum Gasteiger partial charge on any atom is 0.338 e. The maximum atomic E-state index is 12.1. The quantitative estimate of drug-likeness (QED) is 0.594. The Labute approximate surface area is 135 Å². The molecule has 0 aromatic heterocycles. The van der Waals surface area contributed by atoms with Crippen LogP contribution in [0, 0.1) is 0 Å². The summed E-state index contributed by atoms with van der Waals surface area (Å²) in [6, 6.07) is 3.45. The molecule has 2 fully saturated rings. The molecule has 0 amide bonds. The van der Waals surface area contributed by atoms with E-state index in [0.29, 0.717) is 36.2 Å². The van der Waals surface area contributed by atoms with Crippen molar-refractivity contribution in [2.75, 3.05) is 37.8 Å². The lowest BCUT2D eigenvalue weighted by Crippen LogP contribution is -2.19. The van der Waals surface area contributed by atoms with Crippen LogP contribution in [-0.2, 0) is 9.47 Å². The van der Waals surface area contributed by atoms with Crippen molar-refractivity contribution in [3.8, 4) is 5.75 Å². The highest BCUT2D eigenvalue weighted by Crippen LogP contribution is 2.38. The molecule has 0 N–H and O–H groups in total. The van der Waals surface area contributed by atoms with Gasteiger partial charge in [-0.05, 0) is 31.9 Å². The minimum absolute atomic E-state index is 0.137. The number of nitrogens with zero attached hydrogens (tertiary/aromatic N) is 1. The number of benzene rings is 1. The first-order valence-corrected chi connectivity index (χ1v) is 8.07. The Morgan fingerprint density at radius 1 is 1.41 bits per heavy atom. The fraction of sp³-hybridized carbons (Fsp3) is 0.562. The Hall–Kier alpha value is -1.46. The van der Waals surface area contributed by atoms with E-state index in [-0.39, 0.29) is 12.1 Å². The average Bonchev–Trinajstić information content (AvgIpc) is 3.18. The molecule has 1 aromatic carbocycles. The summed E-state index contributed by atoms with van der Waals surface area (Å²) >= 11 is 6.49. The molecule has 0 radical (unpaired) electrons. The van der Waals surface area contributed by atoms with Crippen molar-refractivity contribution in [2.24, 2.45) is 0 Å². The number of carbonyl (C=O) groups is 1. The fourth-order valence-corrected chi connectivity index (χ4v) is 2.84. The van der Waals surface area contributed by atoms with Gasteiger partial charge in [0.15, 0.2) is 0 Å². The van der Waals surface area contributed by atoms with Crippen LogP contribution in [0.15, 0.2) is 12.1 Å². The predicted octanol–water partition coefficient (Wildman–Crippen LogP) is 2.89. The van der Waals surface area contributed by atoms with E-state index in [2.05, 4.69) is 4.90 Å². The monoisotopic (exact) mass is 325 g/mol. The lowest BCUT2D eigenvalue weighted by atomic mass is 10.1. The number of rotatable bonds is 6. The Kier molecular flexibility index (Phi) is 4.74. The maximum absolute atomic E-state index is 12.1. The van der Waals surface area contributed by atoms with Crippen LogP contribution in [0.4, 0.5) is 5.69 Å². The molecule has 2 aliphatic rings. The normalized spacial score (nSPS) is 20.1. The van der Waals surface area contributed by atoms with Gasteiger partial charge < -0.3 is 19.1 Å². The van der Waals surface area contributed by atoms with E-state index in [9.17, 15) is 4.79 Å². The average molecular weight is 326 g/mol. The van der Waals surface area contributed by atoms with E-state index in [4.69, 9.17) is 25.8 Å². The lowest BCUT2D eigenvalue weighted by Gasteiger charge is -2.21. The summed E-state index contributed by atoms with van der Waals surface area (Å²) in [6.07, 6.45) is 2.40. The SMILES string of the molecule is CCOC(=O)c1cc(OCC2CO2)c(Cl)c(N2CCCC2)c1. The van der Waals surface area contributed by atoms with Gasteiger partial charge in [-0.3, -0.25) is 0 Å². The third-order valence-corrected chi connectivity index (χ3v) is 4.18. The molecular formula is C16H20ClNO4. The third kappa shape index (κ3) is 3.47. The van der Waals surface area contributed by atoms with Gasteiger partial charge in [-0.15, -0.1) is 0 Å². The molecule has 3 rings (SSSR count). The van der Waals surface area contributed by atoms with Crippen LogP contribution in [0.25, 0.3) is 0 Å². The smallest absolute Gasteiger partial charge is 0.338 e. The third-order valence-electron chi connectivity index (χ3n) is 3.81. The van der Waals surface area contributed by atoms with Gasteiger partial charge in [0, 0.05) is 13.1 Å². The lowest BCUT2D eigenvalue weighted by molar-refractivity contribution is 0.0526. The van der Waals surface area contributed by atoms with Crippen LogP contribution in [0.3, 0.4) is 0 Å². The zero-order valence-electron chi connectivity index (χ0n) is 12.6. The Bertz CT molecular complexity index is 553. The van der Waals surface area contributed by atoms with Crippen LogP contribution in [0.2, 0.25) is 5.02 Å². The molecule has 0 bridgehead atoms. The molecule has 0 spiro atoms. The number of anilines is 1. The summed E-state index contributed by atoms with van der Waals surface area (Å²) in [5, 5.41) is 0.551. The first kappa shape index (κ1) is 15.4. The Balaban J connectivity index is 1.89. The summed E-state index contributed by atoms with van der Waals surface area (Å²) in [6.45, 7) is 5.18. The molecule has 6 heteroatoms. The molecule has 22 heavy (non-hydrogen) atoms. The summed E-state index contributed by atoms with van der Waals surface area (Å²) in [5.41, 5.74) is 1.32. The second kappa shape index (κ2) is 6.75. The molecular weight excluding hydrogens is 306 g/mol. The standard InChI is InChI=1S/C16H20ClNO4/c1-2-20-16(19)11-7-13(18-5-3-4-6-18)15(17)14(8-11)22-10-12-9-21-12/h7-8,12H,2-6,9-10H2,1H3. The zero-order valence-corrected chi connectivity index (χ0v) is 13.4. The van der Waals surface area contributed by atoms with E-state index in [1.54, 1.807) is 19.1 Å². The van der Waals surface area contributed by atoms with Crippen LogP contribution in [0.1, 0.15) is 30.1 Å². The Morgan fingerprint density at radius 3 is 2.77 bits per heavy atom. The van der Waals surface area contributed by atoms with Crippen molar-refractivity contribution in [1.29, 1.82) is 0 Å². The van der Waals surface area contributed by atoms with Crippen molar-refractivity contribution < 1.29 is 19.0 Å². The van der Waals surface area contributed by atoms with E-state index in [1.807, 2.05) is 0 Å². The number of halogens is 1. The number of hydrogen-bond donors (Lipinski definition) is 0. The highest BCUT2D eigenvalue weighted by Gasteiger charge is 2.26. The second-order valence-electron chi connectivity index (χ2n) is 5.49. The van der Waals surface area contributed by atoms with Crippen LogP contribution in [-0.4, -0.2) is 45.0 Å². The van der Waals surface area contributed by atoms with E-state index in [0.717, 1.165) is 31.6 Å². The summed E-state index contributed by atoms with van der Waals surface area (Å²) in [5.74, 6) is 0.164. The first-order valence-electron chi connectivity index (χ1n) is 7.69. The molecule has 5 nitrogen and oxygen atoms in total. The number of hydrogen-bond acceptors (Lipinski definition) is 5. The minimum Gasteiger partial charge on any atom is -0.489 e. The number of esters is 1. The van der Waals surface area contributed by atoms with Gasteiger partial charge in [0.2, 0.25) is 0 Å². The number of carbonyl (C=O) groups excluding carboxylic acids is 1. The van der Waals surface area contributed by atoms with Crippen molar-refractivity contribution in [2.45, 2.75) is 25.9 Å². The molecule has 1 atom stereocenters. The number of ether oxygens (including phenoxy) is 3. The largest absolute Gasteiger partial charge is 0.489 e. The van der Waals surface area contributed by atoms with Gasteiger partial charge in [0.25, 0.3) is 0 Å². The predicted molar refractivity (Wildman–Crippen MR) is 84.1 cm³/mol. The highest BCUT2D eigenvalue weighted by atomic mass is 35.5. The molecule has 0 aliphatic carbocycles. The van der Waals surface area contributed by atoms with E-state index in [1.165, 1.54) is 0 Å². The number of epoxide rings is 1. The van der Waals surface area contributed by atoms with Gasteiger partial charge >= 0.3 is 5.97 Å². The molecule has 1 aromatic rings. The van der Waals surface area contributed by atoms with Crippen molar-refractivity contribution in [1.82, 2.24) is 0 Å². The van der Waals surface area contributed by atoms with Gasteiger partial charge in [-0.25, -0.2) is 4.79 Å². The Morgan fingerprint density at radius 2 is 2.14 bits per heavy atom. The van der Waals surface area contributed by atoms with Crippen molar-refractivity contribution in [3.05, 3.63) is 22.7 Å². The van der Waals surface area contributed by atoms with Crippen LogP contribution >= 0.6 is 11.6 Å². The second-order valence-corrected chi connectivity index (χ2v) is 5.87. The molecule has 2 saturated heterocycles. The van der Waals surface area contributed by atoms with Crippen LogP contribution in [0.5, 0.6) is 5.75 Å². The van der Waals surface area contributed by atoms with Crippen LogP contribution < -0.4 is 9.64 Å². The topological polar surface area (TPSA) is 51.3 Å². The first-order chi connectivity index (χ1) is 10.7. The molecule has 0 saturated carbocycles. The summed E-state index contributed by atoms with van der Waals surface area (Å²) < 4.78 is 16.0. The van der Waals surface area contributed by atoms with Gasteiger partial charge in [0.05, 0.1) is 24.5 Å². The molecule has 120 valence electrons. The van der Waals surface area contributed by atoms with Gasteiger partial charge in [0.1, 0.15) is 23.5 Å². The molecule has 1 unspecified atom stereocenters. The van der Waals surface area contributed by atoms with Gasteiger partial charge in [-0.1, -0.05) is 11.6 Å². The van der Waals surface area contributed by atoms with Crippen molar-refractivity contribution >= 4 is 23.3 Å². The summed E-state index contributed by atoms with van der Waals surface area (Å²) in [4.78, 5) is 14.2. The zero-order chi connectivity index (χ0) is 15.5. The summed E-state index contributed by atoms with van der Waals surface area (Å²) in [7, 11) is 0.